The van der Waals surface area contributed by atoms with Crippen LogP contribution in [-0.4, -0.2) is 42.7 Å². The minimum atomic E-state index is -0.738. The highest BCUT2D eigenvalue weighted by Gasteiger charge is 2.41. The molecule has 0 aliphatic carbocycles. The third kappa shape index (κ3) is 3.44. The fraction of sp³-hybridized carbons (Fsp3) is 0.261. The maximum atomic E-state index is 12.9. The van der Waals surface area contributed by atoms with Crippen LogP contribution in [0.1, 0.15) is 25.5 Å². The van der Waals surface area contributed by atoms with Crippen molar-refractivity contribution in [2.75, 3.05) is 21.3 Å². The van der Waals surface area contributed by atoms with Gasteiger partial charge in [0.05, 0.1) is 49.8 Å². The Morgan fingerprint density at radius 1 is 1.00 bits per heavy atom. The second-order valence-electron chi connectivity index (χ2n) is 7.25. The monoisotopic (exact) mass is 453 g/mol. The van der Waals surface area contributed by atoms with E-state index in [2.05, 4.69) is 5.32 Å². The molecule has 0 spiro atoms. The molecule has 32 heavy (non-hydrogen) atoms. The quantitative estimate of drug-likeness (QED) is 0.590. The summed E-state index contributed by atoms with van der Waals surface area (Å²) in [6.45, 7) is 3.57. The second-order valence-corrected chi connectivity index (χ2v) is 8.12. The van der Waals surface area contributed by atoms with E-state index in [1.165, 1.54) is 25.6 Å². The Labute approximate surface area is 189 Å². The van der Waals surface area contributed by atoms with Gasteiger partial charge in [0.1, 0.15) is 5.75 Å². The second kappa shape index (κ2) is 8.51. The maximum absolute atomic E-state index is 12.9. The predicted octanol–water partition coefficient (Wildman–Crippen LogP) is 3.65. The van der Waals surface area contributed by atoms with E-state index >= 15 is 0 Å². The lowest BCUT2D eigenvalue weighted by atomic mass is 9.81. The molecule has 1 N–H and O–H groups in total. The molecule has 8 nitrogen and oxygen atoms in total. The van der Waals surface area contributed by atoms with Crippen molar-refractivity contribution < 1.29 is 23.8 Å². The minimum absolute atomic E-state index is 0.335. The van der Waals surface area contributed by atoms with E-state index in [0.29, 0.717) is 33.9 Å². The molecule has 3 heterocycles. The number of nitrogens with one attached hydrogen (secondary N) is 1. The Morgan fingerprint density at radius 2 is 1.59 bits per heavy atom. The first-order chi connectivity index (χ1) is 15.4. The molecule has 0 saturated carbocycles. The lowest BCUT2D eigenvalue weighted by molar-refractivity contribution is -0.137. The van der Waals surface area contributed by atoms with Crippen molar-refractivity contribution >= 4 is 28.2 Å². The first-order valence-electron chi connectivity index (χ1n) is 9.86. The number of carbonyl (C=O) groups is 2. The molecule has 2 aromatic heterocycles. The van der Waals surface area contributed by atoms with Crippen molar-refractivity contribution in [2.45, 2.75) is 19.8 Å². The van der Waals surface area contributed by atoms with Crippen LogP contribution in [0.5, 0.6) is 5.75 Å². The molecule has 166 valence electrons. The van der Waals surface area contributed by atoms with Crippen molar-refractivity contribution in [3.8, 4) is 17.0 Å². The lowest BCUT2D eigenvalue weighted by Gasteiger charge is -2.30. The van der Waals surface area contributed by atoms with Crippen LogP contribution in [0.4, 0.5) is 0 Å². The third-order valence-corrected chi connectivity index (χ3v) is 6.26. The van der Waals surface area contributed by atoms with Crippen molar-refractivity contribution in [1.29, 1.82) is 0 Å². The van der Waals surface area contributed by atoms with Crippen molar-refractivity contribution in [1.82, 2.24) is 14.7 Å². The van der Waals surface area contributed by atoms with E-state index in [0.717, 1.165) is 16.3 Å². The summed E-state index contributed by atoms with van der Waals surface area (Å²) in [6.07, 6.45) is 1.88. The number of thiazole rings is 1. The summed E-state index contributed by atoms with van der Waals surface area (Å²) in [6, 6.07) is 7.50. The van der Waals surface area contributed by atoms with Crippen LogP contribution in [-0.2, 0) is 19.1 Å². The van der Waals surface area contributed by atoms with Gasteiger partial charge in [0.25, 0.3) is 0 Å². The summed E-state index contributed by atoms with van der Waals surface area (Å²) < 4.78 is 17.4. The number of aromatic nitrogens is 2. The van der Waals surface area contributed by atoms with Gasteiger partial charge < -0.3 is 19.5 Å². The van der Waals surface area contributed by atoms with Gasteiger partial charge >= 0.3 is 11.9 Å². The number of imidazole rings is 1. The van der Waals surface area contributed by atoms with E-state index < -0.39 is 17.9 Å². The summed E-state index contributed by atoms with van der Waals surface area (Å²) in [5.74, 6) is -1.08. The highest BCUT2D eigenvalue weighted by atomic mass is 32.1. The summed E-state index contributed by atoms with van der Waals surface area (Å²) in [4.78, 5) is 31.4. The van der Waals surface area contributed by atoms with Crippen molar-refractivity contribution in [2.24, 2.45) is 0 Å². The number of fused-ring (bicyclic) bond motifs is 1. The number of hydrogen-bond acceptors (Lipinski definition) is 8. The molecule has 9 heteroatoms. The highest BCUT2D eigenvalue weighted by Crippen LogP contribution is 2.43. The summed E-state index contributed by atoms with van der Waals surface area (Å²) >= 11 is 1.47. The number of esters is 2. The maximum Gasteiger partial charge on any atom is 0.336 e. The first kappa shape index (κ1) is 21.6. The zero-order chi connectivity index (χ0) is 23.0. The van der Waals surface area contributed by atoms with Crippen LogP contribution >= 0.6 is 11.3 Å². The topological polar surface area (TPSA) is 91.2 Å². The predicted molar refractivity (Wildman–Crippen MR) is 120 cm³/mol. The average Bonchev–Trinajstić information content (AvgIpc) is 3.39. The molecule has 0 amide bonds. The number of hydrogen-bond donors (Lipinski definition) is 1. The lowest BCUT2D eigenvalue weighted by Crippen LogP contribution is -2.32. The molecule has 1 aliphatic rings. The van der Waals surface area contributed by atoms with Crippen molar-refractivity contribution in [3.05, 3.63) is 64.1 Å². The highest BCUT2D eigenvalue weighted by molar-refractivity contribution is 7.15. The molecule has 1 aliphatic heterocycles. The Bertz CT molecular complexity index is 1230. The molecule has 0 atom stereocenters. The average molecular weight is 454 g/mol. The number of carbonyl (C=O) groups excluding carboxylic acids is 2. The first-order valence-corrected chi connectivity index (χ1v) is 10.7. The van der Waals surface area contributed by atoms with Crippen LogP contribution in [0.15, 0.2) is 58.4 Å². The van der Waals surface area contributed by atoms with E-state index in [1.54, 1.807) is 21.0 Å². The molecule has 1 aromatic carbocycles. The normalized spacial score (nSPS) is 14.5. The number of methoxy groups -OCH3 is 3. The van der Waals surface area contributed by atoms with Crippen LogP contribution < -0.4 is 10.1 Å². The minimum Gasteiger partial charge on any atom is -0.497 e. The summed E-state index contributed by atoms with van der Waals surface area (Å²) in [7, 11) is 4.25. The Morgan fingerprint density at radius 3 is 2.12 bits per heavy atom. The fourth-order valence-electron chi connectivity index (χ4n) is 4.07. The largest absolute Gasteiger partial charge is 0.497 e. The number of rotatable bonds is 5. The SMILES string of the molecule is COC(=O)C1=C(C)NC(C)=C(C(=O)OC)C1c1c(-c2ccc(OC)cc2)nc2sccn12. The number of nitrogens with zero attached hydrogens (tertiary/aromatic N) is 2. The van der Waals surface area contributed by atoms with Crippen LogP contribution in [0.3, 0.4) is 0 Å². The van der Waals surface area contributed by atoms with Gasteiger partial charge in [-0.25, -0.2) is 14.6 Å². The molecular formula is C23H23N3O5S. The Kier molecular flexibility index (Phi) is 5.75. The van der Waals surface area contributed by atoms with Gasteiger partial charge in [-0.2, -0.15) is 0 Å². The van der Waals surface area contributed by atoms with Crippen LogP contribution in [0.25, 0.3) is 16.2 Å². The zero-order valence-electron chi connectivity index (χ0n) is 18.4. The van der Waals surface area contributed by atoms with Gasteiger partial charge in [-0.15, -0.1) is 11.3 Å². The Hall–Kier alpha value is -3.59. The summed E-state index contributed by atoms with van der Waals surface area (Å²) in [5, 5.41) is 5.04. The van der Waals surface area contributed by atoms with E-state index in [-0.39, 0.29) is 0 Å². The van der Waals surface area contributed by atoms with Gasteiger partial charge in [-0.05, 0) is 38.1 Å². The van der Waals surface area contributed by atoms with E-state index in [1.807, 2.05) is 40.2 Å². The summed E-state index contributed by atoms with van der Waals surface area (Å²) in [5.41, 5.74) is 4.07. The van der Waals surface area contributed by atoms with Gasteiger partial charge in [0.15, 0.2) is 4.96 Å². The van der Waals surface area contributed by atoms with Gasteiger partial charge in [0.2, 0.25) is 0 Å². The number of dihydropyridines is 1. The molecule has 0 bridgehead atoms. The Balaban J connectivity index is 2.04. The molecular weight excluding hydrogens is 430 g/mol. The van der Waals surface area contributed by atoms with Crippen LogP contribution in [0.2, 0.25) is 0 Å². The standard InChI is InChI=1S/C23H23N3O5S/c1-12-16(21(27)30-4)18(17(13(2)24-12)22(28)31-5)20-19(25-23-26(20)10-11-32-23)14-6-8-15(29-3)9-7-14/h6-11,18,24H,1-5H3. The smallest absolute Gasteiger partial charge is 0.336 e. The van der Waals surface area contributed by atoms with E-state index in [4.69, 9.17) is 19.2 Å². The number of ether oxygens (including phenoxy) is 3. The van der Waals surface area contributed by atoms with E-state index in [9.17, 15) is 9.59 Å². The molecule has 0 fully saturated rings. The molecule has 4 rings (SSSR count). The third-order valence-electron chi connectivity index (χ3n) is 5.51. The number of allylic oxidation sites excluding steroid dienone is 2. The van der Waals surface area contributed by atoms with Crippen molar-refractivity contribution in [3.63, 3.8) is 0 Å². The fourth-order valence-corrected chi connectivity index (χ4v) is 4.79. The molecule has 0 unspecified atom stereocenters. The van der Waals surface area contributed by atoms with Gasteiger partial charge in [-0.3, -0.25) is 4.40 Å². The molecule has 0 saturated heterocycles. The molecule has 3 aromatic rings. The van der Waals surface area contributed by atoms with Gasteiger partial charge in [0, 0.05) is 28.5 Å². The van der Waals surface area contributed by atoms with Crippen LogP contribution in [0, 0.1) is 0 Å². The number of benzene rings is 1. The molecule has 0 radical (unpaired) electrons. The van der Waals surface area contributed by atoms with Gasteiger partial charge in [-0.1, -0.05) is 0 Å². The zero-order valence-corrected chi connectivity index (χ0v) is 19.2.